The molecule has 4 nitrogen and oxygen atoms in total. The molecule has 0 bridgehead atoms. The van der Waals surface area contributed by atoms with Crippen LogP contribution in [0.5, 0.6) is 0 Å². The Labute approximate surface area is 108 Å². The number of amides is 1. The molecule has 0 atom stereocenters. The summed E-state index contributed by atoms with van der Waals surface area (Å²) in [4.78, 5) is 13.6. The van der Waals surface area contributed by atoms with Crippen molar-refractivity contribution in [2.24, 2.45) is 0 Å². The van der Waals surface area contributed by atoms with E-state index in [-0.39, 0.29) is 6.09 Å². The fourth-order valence-corrected chi connectivity index (χ4v) is 2.12. The molecule has 4 heteroatoms. The molecule has 0 radical (unpaired) electrons. The summed E-state index contributed by atoms with van der Waals surface area (Å²) in [5.74, 6) is 0. The fourth-order valence-electron chi connectivity index (χ4n) is 2.12. The summed E-state index contributed by atoms with van der Waals surface area (Å²) in [7, 11) is 0. The number of anilines is 1. The van der Waals surface area contributed by atoms with Crippen LogP contribution in [0.15, 0.2) is 18.2 Å². The molecule has 0 saturated carbocycles. The number of benzene rings is 1. The summed E-state index contributed by atoms with van der Waals surface area (Å²) in [6, 6.07) is 5.87. The van der Waals surface area contributed by atoms with E-state index in [4.69, 9.17) is 10.5 Å². The Morgan fingerprint density at radius 2 is 2.28 bits per heavy atom. The van der Waals surface area contributed by atoms with Gasteiger partial charge in [-0.05, 0) is 36.1 Å². The van der Waals surface area contributed by atoms with Crippen molar-refractivity contribution in [3.8, 4) is 0 Å². The lowest BCUT2D eigenvalue weighted by Crippen LogP contribution is -2.36. The summed E-state index contributed by atoms with van der Waals surface area (Å²) < 4.78 is 5.22. The predicted molar refractivity (Wildman–Crippen MR) is 71.2 cm³/mol. The Morgan fingerprint density at radius 1 is 1.44 bits per heavy atom. The van der Waals surface area contributed by atoms with E-state index in [1.807, 2.05) is 18.2 Å². The topological polar surface area (TPSA) is 55.6 Å². The average molecular weight is 248 g/mol. The van der Waals surface area contributed by atoms with Crippen LogP contribution in [-0.2, 0) is 17.7 Å². The standard InChI is InChI=1S/C14H20N2O2/c1-2-3-8-18-14(17)16-7-6-11-9-13(15)5-4-12(11)10-16/h4-5,9H,2-3,6-8,10,15H2,1H3. The van der Waals surface area contributed by atoms with Gasteiger partial charge in [-0.2, -0.15) is 0 Å². The smallest absolute Gasteiger partial charge is 0.410 e. The van der Waals surface area contributed by atoms with E-state index in [0.29, 0.717) is 19.7 Å². The highest BCUT2D eigenvalue weighted by Crippen LogP contribution is 2.21. The molecule has 2 rings (SSSR count). The number of unbranched alkanes of at least 4 members (excludes halogenated alkanes) is 1. The number of rotatable bonds is 3. The monoisotopic (exact) mass is 248 g/mol. The van der Waals surface area contributed by atoms with E-state index in [0.717, 1.165) is 24.9 Å². The van der Waals surface area contributed by atoms with Crippen molar-refractivity contribution in [3.05, 3.63) is 29.3 Å². The number of carbonyl (C=O) groups excluding carboxylic acids is 1. The predicted octanol–water partition coefficient (Wildman–Crippen LogP) is 2.56. The molecule has 1 heterocycles. The fraction of sp³-hybridized carbons (Fsp3) is 0.500. The van der Waals surface area contributed by atoms with E-state index < -0.39 is 0 Å². The van der Waals surface area contributed by atoms with E-state index in [1.165, 1.54) is 11.1 Å². The summed E-state index contributed by atoms with van der Waals surface area (Å²) in [5.41, 5.74) is 8.95. The summed E-state index contributed by atoms with van der Waals surface area (Å²) in [5, 5.41) is 0. The largest absolute Gasteiger partial charge is 0.449 e. The molecule has 1 aliphatic heterocycles. The van der Waals surface area contributed by atoms with Crippen LogP contribution in [0.3, 0.4) is 0 Å². The van der Waals surface area contributed by atoms with Crippen LogP contribution in [0.1, 0.15) is 30.9 Å². The highest BCUT2D eigenvalue weighted by Gasteiger charge is 2.21. The number of ether oxygens (including phenoxy) is 1. The second kappa shape index (κ2) is 5.76. The number of nitrogen functional groups attached to an aromatic ring is 1. The van der Waals surface area contributed by atoms with Crippen LogP contribution in [-0.4, -0.2) is 24.1 Å². The van der Waals surface area contributed by atoms with Gasteiger partial charge in [0, 0.05) is 18.8 Å². The minimum atomic E-state index is -0.203. The van der Waals surface area contributed by atoms with Crippen molar-refractivity contribution in [2.75, 3.05) is 18.9 Å². The van der Waals surface area contributed by atoms with Gasteiger partial charge in [0.1, 0.15) is 0 Å². The van der Waals surface area contributed by atoms with Gasteiger partial charge in [-0.3, -0.25) is 0 Å². The molecule has 1 aliphatic rings. The Morgan fingerprint density at radius 3 is 3.06 bits per heavy atom. The van der Waals surface area contributed by atoms with Crippen molar-refractivity contribution in [1.82, 2.24) is 4.90 Å². The molecule has 1 aromatic carbocycles. The van der Waals surface area contributed by atoms with Gasteiger partial charge in [0.15, 0.2) is 0 Å². The number of nitrogens with two attached hydrogens (primary N) is 1. The number of hydrogen-bond acceptors (Lipinski definition) is 3. The van der Waals surface area contributed by atoms with Gasteiger partial charge in [-0.15, -0.1) is 0 Å². The molecule has 0 unspecified atom stereocenters. The minimum Gasteiger partial charge on any atom is -0.449 e. The second-order valence-corrected chi connectivity index (χ2v) is 4.67. The molecular formula is C14H20N2O2. The Bertz CT molecular complexity index is 432. The SMILES string of the molecule is CCCCOC(=O)N1CCc2cc(N)ccc2C1. The third kappa shape index (κ3) is 2.94. The summed E-state index contributed by atoms with van der Waals surface area (Å²) >= 11 is 0. The maximum absolute atomic E-state index is 11.8. The third-order valence-electron chi connectivity index (χ3n) is 3.22. The number of fused-ring (bicyclic) bond motifs is 1. The summed E-state index contributed by atoms with van der Waals surface area (Å²) in [6.45, 7) is 3.93. The van der Waals surface area contributed by atoms with Gasteiger partial charge in [-0.25, -0.2) is 4.79 Å². The van der Waals surface area contributed by atoms with Crippen molar-refractivity contribution in [2.45, 2.75) is 32.7 Å². The van der Waals surface area contributed by atoms with E-state index in [9.17, 15) is 4.79 Å². The first kappa shape index (κ1) is 12.7. The Kier molecular flexibility index (Phi) is 4.07. The maximum Gasteiger partial charge on any atom is 0.410 e. The molecule has 18 heavy (non-hydrogen) atoms. The number of nitrogens with zero attached hydrogens (tertiary/aromatic N) is 1. The van der Waals surface area contributed by atoms with Gasteiger partial charge in [0.25, 0.3) is 0 Å². The van der Waals surface area contributed by atoms with E-state index in [1.54, 1.807) is 4.90 Å². The van der Waals surface area contributed by atoms with Crippen LogP contribution in [0.25, 0.3) is 0 Å². The first-order chi connectivity index (χ1) is 8.70. The molecule has 1 aromatic rings. The lowest BCUT2D eigenvalue weighted by Gasteiger charge is -2.28. The third-order valence-corrected chi connectivity index (χ3v) is 3.22. The van der Waals surface area contributed by atoms with E-state index >= 15 is 0 Å². The van der Waals surface area contributed by atoms with Crippen molar-refractivity contribution in [3.63, 3.8) is 0 Å². The lowest BCUT2D eigenvalue weighted by atomic mass is 9.99. The Balaban J connectivity index is 1.95. The molecule has 0 fully saturated rings. The van der Waals surface area contributed by atoms with Crippen LogP contribution >= 0.6 is 0 Å². The zero-order valence-corrected chi connectivity index (χ0v) is 10.8. The molecule has 0 aliphatic carbocycles. The molecule has 1 amide bonds. The molecular weight excluding hydrogens is 228 g/mol. The molecule has 0 aromatic heterocycles. The highest BCUT2D eigenvalue weighted by atomic mass is 16.6. The van der Waals surface area contributed by atoms with Crippen LogP contribution in [0.4, 0.5) is 10.5 Å². The van der Waals surface area contributed by atoms with Gasteiger partial charge in [0.2, 0.25) is 0 Å². The lowest BCUT2D eigenvalue weighted by molar-refractivity contribution is 0.0966. The van der Waals surface area contributed by atoms with Crippen LogP contribution < -0.4 is 5.73 Å². The molecule has 2 N–H and O–H groups in total. The van der Waals surface area contributed by atoms with Crippen molar-refractivity contribution < 1.29 is 9.53 Å². The molecule has 98 valence electrons. The van der Waals surface area contributed by atoms with Crippen LogP contribution in [0.2, 0.25) is 0 Å². The van der Waals surface area contributed by atoms with Crippen LogP contribution in [0, 0.1) is 0 Å². The second-order valence-electron chi connectivity index (χ2n) is 4.67. The highest BCUT2D eigenvalue weighted by molar-refractivity contribution is 5.68. The quantitative estimate of drug-likeness (QED) is 0.660. The van der Waals surface area contributed by atoms with Crippen molar-refractivity contribution in [1.29, 1.82) is 0 Å². The maximum atomic E-state index is 11.8. The number of carbonyl (C=O) groups is 1. The van der Waals surface area contributed by atoms with Gasteiger partial charge in [-0.1, -0.05) is 19.4 Å². The normalized spacial score (nSPS) is 14.2. The van der Waals surface area contributed by atoms with Gasteiger partial charge >= 0.3 is 6.09 Å². The molecule has 0 saturated heterocycles. The zero-order chi connectivity index (χ0) is 13.0. The van der Waals surface area contributed by atoms with Crippen molar-refractivity contribution >= 4 is 11.8 Å². The van der Waals surface area contributed by atoms with Gasteiger partial charge in [0.05, 0.1) is 6.61 Å². The summed E-state index contributed by atoms with van der Waals surface area (Å²) in [6.07, 6.45) is 2.61. The van der Waals surface area contributed by atoms with Gasteiger partial charge < -0.3 is 15.4 Å². The Hall–Kier alpha value is -1.71. The minimum absolute atomic E-state index is 0.203. The van der Waals surface area contributed by atoms with E-state index in [2.05, 4.69) is 6.92 Å². The number of hydrogen-bond donors (Lipinski definition) is 1. The average Bonchev–Trinajstić information content (AvgIpc) is 2.38. The molecule has 0 spiro atoms. The first-order valence-electron chi connectivity index (χ1n) is 6.49. The first-order valence-corrected chi connectivity index (χ1v) is 6.49. The zero-order valence-electron chi connectivity index (χ0n) is 10.8.